The van der Waals surface area contributed by atoms with Crippen LogP contribution in [0.3, 0.4) is 0 Å². The van der Waals surface area contributed by atoms with Crippen molar-refractivity contribution in [1.82, 2.24) is 4.90 Å². The Morgan fingerprint density at radius 1 is 1.00 bits per heavy atom. The highest BCUT2D eigenvalue weighted by Gasteiger charge is 2.17. The second-order valence-electron chi connectivity index (χ2n) is 5.67. The highest BCUT2D eigenvalue weighted by atomic mass is 19.1. The second kappa shape index (κ2) is 7.17. The Balaban J connectivity index is 1.58. The molecule has 4 nitrogen and oxygen atoms in total. The van der Waals surface area contributed by atoms with Crippen LogP contribution in [-0.4, -0.2) is 42.0 Å². The molecule has 0 radical (unpaired) electrons. The molecule has 5 heteroatoms. The van der Waals surface area contributed by atoms with Gasteiger partial charge in [0.1, 0.15) is 11.6 Å². The number of hydrogen-bond donors (Lipinski definition) is 1. The lowest BCUT2D eigenvalue weighted by Gasteiger charge is -2.35. The van der Waals surface area contributed by atoms with Gasteiger partial charge >= 0.3 is 0 Å². The number of carbonyl (C=O) groups excluding carboxylic acids is 1. The maximum atomic E-state index is 13.8. The van der Waals surface area contributed by atoms with E-state index in [2.05, 4.69) is 0 Å². The van der Waals surface area contributed by atoms with Gasteiger partial charge in [-0.25, -0.2) is 4.39 Å². The molecule has 1 heterocycles. The van der Waals surface area contributed by atoms with E-state index in [0.29, 0.717) is 37.4 Å². The maximum absolute atomic E-state index is 13.8. The number of benzene rings is 2. The lowest BCUT2D eigenvalue weighted by Crippen LogP contribution is -2.44. The van der Waals surface area contributed by atoms with Gasteiger partial charge in [-0.3, -0.25) is 4.79 Å². The topological polar surface area (TPSA) is 43.8 Å². The molecule has 1 fully saturated rings. The van der Waals surface area contributed by atoms with Gasteiger partial charge in [-0.2, -0.15) is 0 Å². The summed E-state index contributed by atoms with van der Waals surface area (Å²) in [5.41, 5.74) is 0.908. The van der Waals surface area contributed by atoms with Gasteiger partial charge in [-0.15, -0.1) is 0 Å². The summed E-state index contributed by atoms with van der Waals surface area (Å²) in [5, 5.41) is 9.69. The summed E-state index contributed by atoms with van der Waals surface area (Å²) in [6.45, 7) is 2.80. The third kappa shape index (κ3) is 3.56. The van der Waals surface area contributed by atoms with Crippen molar-refractivity contribution in [2.75, 3.05) is 31.1 Å². The number of piperazine rings is 1. The molecular weight excluding hydrogens is 307 g/mol. The Labute approximate surface area is 140 Å². The van der Waals surface area contributed by atoms with Crippen molar-refractivity contribution in [3.8, 4) is 5.75 Å². The maximum Gasteiger partial charge on any atom is 0.190 e. The number of halogens is 1. The Morgan fingerprint density at radius 2 is 1.67 bits per heavy atom. The number of rotatable bonds is 4. The van der Waals surface area contributed by atoms with Gasteiger partial charge < -0.3 is 14.9 Å². The quantitative estimate of drug-likeness (QED) is 0.693. The Bertz CT molecular complexity index is 753. The normalized spacial score (nSPS) is 15.0. The predicted octanol–water partition coefficient (Wildman–Crippen LogP) is 3.05. The highest BCUT2D eigenvalue weighted by Crippen LogP contribution is 2.20. The number of phenols is 1. The molecule has 0 amide bonds. The van der Waals surface area contributed by atoms with E-state index < -0.39 is 0 Å². The van der Waals surface area contributed by atoms with Gasteiger partial charge in [0.25, 0.3) is 0 Å². The van der Waals surface area contributed by atoms with Crippen molar-refractivity contribution in [3.63, 3.8) is 0 Å². The number of allylic oxidation sites excluding steroid dienone is 1. The summed E-state index contributed by atoms with van der Waals surface area (Å²) < 4.78 is 13.8. The fourth-order valence-electron chi connectivity index (χ4n) is 2.76. The first-order valence-corrected chi connectivity index (χ1v) is 7.89. The summed E-state index contributed by atoms with van der Waals surface area (Å²) in [4.78, 5) is 16.1. The number of para-hydroxylation sites is 2. The lowest BCUT2D eigenvalue weighted by atomic mass is 10.1. The number of ketones is 1. The summed E-state index contributed by atoms with van der Waals surface area (Å²) in [7, 11) is 0. The van der Waals surface area contributed by atoms with Crippen LogP contribution in [0, 0.1) is 5.82 Å². The molecule has 2 aromatic carbocycles. The summed E-state index contributed by atoms with van der Waals surface area (Å²) in [5.74, 6) is -0.461. The van der Waals surface area contributed by atoms with E-state index in [9.17, 15) is 14.3 Å². The minimum absolute atomic E-state index is 0.0171. The molecule has 1 N–H and O–H groups in total. The van der Waals surface area contributed by atoms with Crippen molar-refractivity contribution in [2.24, 2.45) is 0 Å². The van der Waals surface area contributed by atoms with E-state index in [1.807, 2.05) is 15.9 Å². The first-order valence-electron chi connectivity index (χ1n) is 7.89. The van der Waals surface area contributed by atoms with E-state index in [-0.39, 0.29) is 17.3 Å². The minimum atomic E-state index is -0.232. The predicted molar refractivity (Wildman–Crippen MR) is 91.8 cm³/mol. The van der Waals surface area contributed by atoms with Crippen molar-refractivity contribution in [3.05, 3.63) is 72.2 Å². The first kappa shape index (κ1) is 16.1. The van der Waals surface area contributed by atoms with Crippen molar-refractivity contribution >= 4 is 11.5 Å². The van der Waals surface area contributed by atoms with Crippen molar-refractivity contribution in [1.29, 1.82) is 0 Å². The zero-order valence-electron chi connectivity index (χ0n) is 13.2. The Kier molecular flexibility index (Phi) is 4.79. The molecule has 1 saturated heterocycles. The highest BCUT2D eigenvalue weighted by molar-refractivity contribution is 6.06. The number of anilines is 1. The van der Waals surface area contributed by atoms with Crippen LogP contribution in [0.1, 0.15) is 10.4 Å². The standard InChI is InChI=1S/C19H19FN2O2/c20-16-6-2-3-7-17(16)22-13-11-21(12-14-22)10-9-19(24)15-5-1-4-8-18(15)23/h1-10,23H,11-14H2. The van der Waals surface area contributed by atoms with Crippen LogP contribution < -0.4 is 4.90 Å². The van der Waals surface area contributed by atoms with Gasteiger partial charge in [-0.1, -0.05) is 24.3 Å². The molecule has 0 unspecified atom stereocenters. The zero-order chi connectivity index (χ0) is 16.9. The molecule has 0 aromatic heterocycles. The molecule has 24 heavy (non-hydrogen) atoms. The van der Waals surface area contributed by atoms with E-state index in [1.54, 1.807) is 36.5 Å². The fraction of sp³-hybridized carbons (Fsp3) is 0.211. The molecule has 2 aromatic rings. The summed E-state index contributed by atoms with van der Waals surface area (Å²) in [6, 6.07) is 13.2. The average Bonchev–Trinajstić information content (AvgIpc) is 2.61. The number of phenolic OH excluding ortho intramolecular Hbond substituents is 1. The number of aromatic hydroxyl groups is 1. The van der Waals surface area contributed by atoms with Crippen molar-refractivity contribution < 1.29 is 14.3 Å². The zero-order valence-corrected chi connectivity index (χ0v) is 13.2. The van der Waals surface area contributed by atoms with Gasteiger partial charge in [0.15, 0.2) is 5.78 Å². The molecule has 0 atom stereocenters. The third-order valence-electron chi connectivity index (χ3n) is 4.11. The molecule has 3 rings (SSSR count). The van der Waals surface area contributed by atoms with E-state index in [1.165, 1.54) is 18.2 Å². The Morgan fingerprint density at radius 3 is 2.38 bits per heavy atom. The molecular formula is C19H19FN2O2. The van der Waals surface area contributed by atoms with Crippen LogP contribution in [0.5, 0.6) is 5.75 Å². The lowest BCUT2D eigenvalue weighted by molar-refractivity contribution is 0.104. The first-order chi connectivity index (χ1) is 11.6. The largest absolute Gasteiger partial charge is 0.507 e. The van der Waals surface area contributed by atoms with Crippen LogP contribution in [0.2, 0.25) is 0 Å². The van der Waals surface area contributed by atoms with Crippen LogP contribution in [0.4, 0.5) is 10.1 Å². The summed E-state index contributed by atoms with van der Waals surface area (Å²) in [6.07, 6.45) is 3.21. The molecule has 124 valence electrons. The second-order valence-corrected chi connectivity index (χ2v) is 5.67. The monoisotopic (exact) mass is 326 g/mol. The van der Waals surface area contributed by atoms with Crippen LogP contribution >= 0.6 is 0 Å². The Hall–Kier alpha value is -2.82. The third-order valence-corrected chi connectivity index (χ3v) is 4.11. The average molecular weight is 326 g/mol. The summed E-state index contributed by atoms with van der Waals surface area (Å²) >= 11 is 0. The molecule has 0 bridgehead atoms. The van der Waals surface area contributed by atoms with Gasteiger partial charge in [0.05, 0.1) is 11.3 Å². The van der Waals surface area contributed by atoms with Gasteiger partial charge in [-0.05, 0) is 24.3 Å². The minimum Gasteiger partial charge on any atom is -0.507 e. The van der Waals surface area contributed by atoms with Gasteiger partial charge in [0.2, 0.25) is 0 Å². The van der Waals surface area contributed by atoms with E-state index >= 15 is 0 Å². The number of hydrogen-bond acceptors (Lipinski definition) is 4. The SMILES string of the molecule is O=C(C=CN1CCN(c2ccccc2F)CC1)c1ccccc1O. The molecule has 1 aliphatic rings. The smallest absolute Gasteiger partial charge is 0.190 e. The van der Waals surface area contributed by atoms with E-state index in [0.717, 1.165) is 0 Å². The van der Waals surface area contributed by atoms with E-state index in [4.69, 9.17) is 0 Å². The number of carbonyl (C=O) groups is 1. The van der Waals surface area contributed by atoms with Crippen LogP contribution in [0.25, 0.3) is 0 Å². The fourth-order valence-corrected chi connectivity index (χ4v) is 2.76. The molecule has 1 aliphatic heterocycles. The van der Waals surface area contributed by atoms with Crippen LogP contribution in [-0.2, 0) is 0 Å². The number of nitrogens with zero attached hydrogens (tertiary/aromatic N) is 2. The molecule has 0 aliphatic carbocycles. The van der Waals surface area contributed by atoms with Crippen molar-refractivity contribution in [2.45, 2.75) is 0 Å². The molecule has 0 spiro atoms. The van der Waals surface area contributed by atoms with Gasteiger partial charge in [0, 0.05) is 38.5 Å². The molecule has 0 saturated carbocycles. The van der Waals surface area contributed by atoms with Crippen LogP contribution in [0.15, 0.2) is 60.8 Å².